The molecule has 0 aliphatic heterocycles. The molecule has 0 radical (unpaired) electrons. The predicted octanol–water partition coefficient (Wildman–Crippen LogP) is 1.77. The number of hydrogen-bond donors (Lipinski definition) is 4. The van der Waals surface area contributed by atoms with Crippen LogP contribution in [0.1, 0.15) is 36.5 Å². The van der Waals surface area contributed by atoms with Crippen LogP contribution in [0.4, 0.5) is 17.3 Å². The van der Waals surface area contributed by atoms with Gasteiger partial charge in [-0.15, -0.1) is 0 Å². The summed E-state index contributed by atoms with van der Waals surface area (Å²) >= 11 is 0. The van der Waals surface area contributed by atoms with Gasteiger partial charge < -0.3 is 36.2 Å². The number of aromatic nitrogens is 2. The van der Waals surface area contributed by atoms with Crippen molar-refractivity contribution in [2.24, 2.45) is 5.73 Å². The average molecular weight is 541 g/mol. The lowest BCUT2D eigenvalue weighted by Gasteiger charge is -2.23. The van der Waals surface area contributed by atoms with Crippen molar-refractivity contribution in [3.8, 4) is 5.75 Å². The normalized spacial score (nSPS) is 11.8. The Kier molecular flexibility index (Phi) is 12.2. The van der Waals surface area contributed by atoms with Crippen molar-refractivity contribution in [1.29, 1.82) is 0 Å². The largest absolute Gasteiger partial charge is 0.493 e. The number of rotatable bonds is 15. The second-order valence-electron chi connectivity index (χ2n) is 9.12. The highest BCUT2D eigenvalue weighted by molar-refractivity contribution is 5.96. The second kappa shape index (κ2) is 15.3. The SMILES string of the molecule is CCc1nc(C(N)=O)c(Nc2cccc(OCCCNC(=O)[C@H](C)N(C)C(=O)/C=C/CN(C)C)c2)nc1NC. The molecular weight excluding hydrogens is 500 g/mol. The summed E-state index contributed by atoms with van der Waals surface area (Å²) in [4.78, 5) is 48.8. The zero-order valence-electron chi connectivity index (χ0n) is 23.6. The number of benzene rings is 1. The van der Waals surface area contributed by atoms with Gasteiger partial charge in [-0.25, -0.2) is 9.97 Å². The Bertz CT molecular complexity index is 1170. The predicted molar refractivity (Wildman–Crippen MR) is 152 cm³/mol. The van der Waals surface area contributed by atoms with Gasteiger partial charge in [0, 0.05) is 45.0 Å². The standard InChI is InChI=1S/C27H40N8O4/c1-7-21-25(29-3)33-26(23(32-21)24(28)37)31-19-11-8-12-20(17-19)39-16-10-14-30-27(38)18(2)35(6)22(36)13-9-15-34(4)5/h8-9,11-13,17-18H,7,10,14-16H2,1-6H3,(H2,28,37)(H,30,38)(H2,29,31,33)/b13-9+/t18-/m0/s1. The number of nitrogens with one attached hydrogen (secondary N) is 3. The number of anilines is 3. The summed E-state index contributed by atoms with van der Waals surface area (Å²) in [7, 11) is 7.16. The molecule has 1 atom stereocenters. The fourth-order valence-electron chi connectivity index (χ4n) is 3.45. The van der Waals surface area contributed by atoms with Crippen molar-refractivity contribution in [2.45, 2.75) is 32.7 Å². The third kappa shape index (κ3) is 9.56. The van der Waals surface area contributed by atoms with E-state index in [0.717, 1.165) is 0 Å². The maximum absolute atomic E-state index is 12.4. The van der Waals surface area contributed by atoms with E-state index >= 15 is 0 Å². The molecule has 3 amide bonds. The molecule has 1 heterocycles. The number of nitrogens with zero attached hydrogens (tertiary/aromatic N) is 4. The molecule has 0 aliphatic carbocycles. The van der Waals surface area contributed by atoms with Gasteiger partial charge >= 0.3 is 0 Å². The minimum atomic E-state index is -0.678. The van der Waals surface area contributed by atoms with Crippen LogP contribution in [0.3, 0.4) is 0 Å². The maximum atomic E-state index is 12.4. The number of nitrogens with two attached hydrogens (primary N) is 1. The topological polar surface area (TPSA) is 155 Å². The number of primary amides is 1. The van der Waals surface area contributed by atoms with Gasteiger partial charge in [-0.05, 0) is 46.0 Å². The lowest BCUT2D eigenvalue weighted by molar-refractivity contribution is -0.135. The van der Waals surface area contributed by atoms with Crippen LogP contribution in [0.5, 0.6) is 5.75 Å². The number of carbonyl (C=O) groups is 3. The molecule has 0 saturated heterocycles. The van der Waals surface area contributed by atoms with Crippen LogP contribution in [-0.2, 0) is 16.0 Å². The summed E-state index contributed by atoms with van der Waals surface area (Å²) in [6, 6.07) is 6.58. The summed E-state index contributed by atoms with van der Waals surface area (Å²) in [5.74, 6) is 0.262. The fraction of sp³-hybridized carbons (Fsp3) is 0.444. The Morgan fingerprint density at radius 3 is 2.54 bits per heavy atom. The minimum Gasteiger partial charge on any atom is -0.493 e. The number of ether oxygens (including phenoxy) is 1. The Morgan fingerprint density at radius 2 is 1.90 bits per heavy atom. The van der Waals surface area contributed by atoms with Crippen LogP contribution in [0, 0.1) is 0 Å². The van der Waals surface area contributed by atoms with Gasteiger partial charge in [0.05, 0.1) is 12.3 Å². The first kappa shape index (κ1) is 31.0. The molecule has 0 saturated carbocycles. The van der Waals surface area contributed by atoms with E-state index in [2.05, 4.69) is 25.9 Å². The summed E-state index contributed by atoms with van der Waals surface area (Å²) in [6.07, 6.45) is 4.40. The van der Waals surface area contributed by atoms with E-state index in [1.54, 1.807) is 51.4 Å². The van der Waals surface area contributed by atoms with Gasteiger partial charge in [0.25, 0.3) is 5.91 Å². The molecule has 1 aromatic carbocycles. The summed E-state index contributed by atoms with van der Waals surface area (Å²) < 4.78 is 5.83. The molecule has 2 rings (SSSR count). The quantitative estimate of drug-likeness (QED) is 0.195. The second-order valence-corrected chi connectivity index (χ2v) is 9.12. The van der Waals surface area contributed by atoms with Crippen LogP contribution < -0.4 is 26.4 Å². The van der Waals surface area contributed by atoms with Crippen LogP contribution in [0.2, 0.25) is 0 Å². The zero-order chi connectivity index (χ0) is 28.9. The van der Waals surface area contributed by atoms with Crippen LogP contribution in [0.25, 0.3) is 0 Å². The first-order chi connectivity index (χ1) is 18.6. The van der Waals surface area contributed by atoms with Gasteiger partial charge in [0.2, 0.25) is 11.8 Å². The van der Waals surface area contributed by atoms with Crippen LogP contribution in [-0.4, -0.2) is 91.4 Å². The van der Waals surface area contributed by atoms with Gasteiger partial charge in [0.1, 0.15) is 17.6 Å². The third-order valence-electron chi connectivity index (χ3n) is 5.80. The first-order valence-electron chi connectivity index (χ1n) is 12.8. The van der Waals surface area contributed by atoms with E-state index in [4.69, 9.17) is 10.5 Å². The molecule has 0 bridgehead atoms. The molecule has 12 heteroatoms. The van der Waals surface area contributed by atoms with Crippen molar-refractivity contribution in [1.82, 2.24) is 25.1 Å². The Labute approximate surface area is 230 Å². The van der Waals surface area contributed by atoms with E-state index in [1.807, 2.05) is 25.9 Å². The molecule has 39 heavy (non-hydrogen) atoms. The van der Waals surface area contributed by atoms with Crippen LogP contribution in [0.15, 0.2) is 36.4 Å². The van der Waals surface area contributed by atoms with Gasteiger partial charge in [0.15, 0.2) is 11.5 Å². The Hall–Kier alpha value is -4.19. The van der Waals surface area contributed by atoms with Crippen molar-refractivity contribution < 1.29 is 19.1 Å². The maximum Gasteiger partial charge on any atom is 0.271 e. The molecule has 0 fully saturated rings. The number of hydrogen-bond acceptors (Lipinski definition) is 9. The highest BCUT2D eigenvalue weighted by atomic mass is 16.5. The summed E-state index contributed by atoms with van der Waals surface area (Å²) in [5, 5.41) is 8.92. The van der Waals surface area contributed by atoms with Crippen molar-refractivity contribution in [2.75, 3.05) is 58.5 Å². The smallest absolute Gasteiger partial charge is 0.271 e. The van der Waals surface area contributed by atoms with Gasteiger partial charge in [-0.1, -0.05) is 19.1 Å². The van der Waals surface area contributed by atoms with E-state index in [-0.39, 0.29) is 23.3 Å². The minimum absolute atomic E-state index is 0.0547. The van der Waals surface area contributed by atoms with Gasteiger partial charge in [-0.2, -0.15) is 0 Å². The summed E-state index contributed by atoms with van der Waals surface area (Å²) in [5.41, 5.74) is 6.87. The van der Waals surface area contributed by atoms with E-state index < -0.39 is 11.9 Å². The Morgan fingerprint density at radius 1 is 1.15 bits per heavy atom. The fourth-order valence-corrected chi connectivity index (χ4v) is 3.45. The van der Waals surface area contributed by atoms with E-state index in [9.17, 15) is 14.4 Å². The molecule has 1 aromatic heterocycles. The van der Waals surface area contributed by atoms with Crippen molar-refractivity contribution in [3.63, 3.8) is 0 Å². The average Bonchev–Trinajstić information content (AvgIpc) is 2.91. The highest BCUT2D eigenvalue weighted by Crippen LogP contribution is 2.24. The van der Waals surface area contributed by atoms with Crippen molar-refractivity contribution >= 4 is 35.0 Å². The van der Waals surface area contributed by atoms with E-state index in [1.165, 1.54) is 11.0 Å². The third-order valence-corrected chi connectivity index (χ3v) is 5.80. The number of likely N-dealkylation sites (N-methyl/N-ethyl adjacent to an activating group) is 2. The Balaban J connectivity index is 1.88. The van der Waals surface area contributed by atoms with Crippen molar-refractivity contribution in [3.05, 3.63) is 47.8 Å². The molecular formula is C27H40N8O4. The van der Waals surface area contributed by atoms with E-state index in [0.29, 0.717) is 55.5 Å². The first-order valence-corrected chi connectivity index (χ1v) is 12.8. The molecule has 212 valence electrons. The monoisotopic (exact) mass is 540 g/mol. The van der Waals surface area contributed by atoms with Crippen LogP contribution >= 0.6 is 0 Å². The zero-order valence-corrected chi connectivity index (χ0v) is 23.6. The molecule has 2 aromatic rings. The number of amides is 3. The van der Waals surface area contributed by atoms with Gasteiger partial charge in [-0.3, -0.25) is 14.4 Å². The molecule has 5 N–H and O–H groups in total. The lowest BCUT2D eigenvalue weighted by Crippen LogP contribution is -2.45. The molecule has 0 aliphatic rings. The highest BCUT2D eigenvalue weighted by Gasteiger charge is 2.20. The molecule has 12 nitrogen and oxygen atoms in total. The summed E-state index contributed by atoms with van der Waals surface area (Å²) in [6.45, 7) is 5.01. The molecule has 0 spiro atoms. The molecule has 0 unspecified atom stereocenters. The number of carbonyl (C=O) groups excluding carboxylic acids is 3. The number of aryl methyl sites for hydroxylation is 1. The lowest BCUT2D eigenvalue weighted by atomic mass is 10.2.